The minimum Gasteiger partial charge on any atom is -0.292 e. The second-order valence-electron chi connectivity index (χ2n) is 7.33. The van der Waals surface area contributed by atoms with Crippen LogP contribution in [-0.2, 0) is 23.7 Å². The number of sulfone groups is 1. The molecule has 2 unspecified atom stereocenters. The predicted octanol–water partition coefficient (Wildman–Crippen LogP) is 3.54. The van der Waals surface area contributed by atoms with E-state index in [1.54, 1.807) is 19.1 Å². The van der Waals surface area contributed by atoms with Crippen molar-refractivity contribution in [2.24, 2.45) is 0 Å². The molecule has 1 aliphatic rings. The molecule has 1 amide bonds. The van der Waals surface area contributed by atoms with Crippen LogP contribution in [0.5, 0.6) is 0 Å². The Bertz CT molecular complexity index is 1200. The lowest BCUT2D eigenvalue weighted by atomic mass is 9.93. The first-order chi connectivity index (χ1) is 14.4. The number of nitrogens with zero attached hydrogens (tertiary/aromatic N) is 3. The van der Waals surface area contributed by atoms with E-state index in [0.717, 1.165) is 30.9 Å². The highest BCUT2D eigenvalue weighted by atomic mass is 35.7. The molecule has 1 saturated carbocycles. The fourth-order valence-corrected chi connectivity index (χ4v) is 5.83. The van der Waals surface area contributed by atoms with Gasteiger partial charge >= 0.3 is 0 Å². The second-order valence-corrected chi connectivity index (χ2v) is 12.2. The maximum absolute atomic E-state index is 12.8. The molecule has 1 aromatic carbocycles. The average Bonchev–Trinajstić information content (AvgIpc) is 3.16. The number of halogens is 2. The molecule has 1 aromatic heterocycles. The topological polar surface area (TPSA) is 114 Å². The Morgan fingerprint density at radius 3 is 2.39 bits per heavy atom. The van der Waals surface area contributed by atoms with Gasteiger partial charge in [0.2, 0.25) is 5.91 Å². The molecule has 2 aromatic rings. The summed E-state index contributed by atoms with van der Waals surface area (Å²) in [6.45, 7) is 1.72. The van der Waals surface area contributed by atoms with Crippen molar-refractivity contribution in [3.63, 3.8) is 0 Å². The molecule has 0 spiro atoms. The molecule has 1 fully saturated rings. The number of hydrogen-bond donors (Lipinski definition) is 0. The molecule has 0 N–H and O–H groups in total. The van der Waals surface area contributed by atoms with E-state index in [4.69, 9.17) is 22.3 Å². The summed E-state index contributed by atoms with van der Waals surface area (Å²) in [5.41, 5.74) is 0.821. The van der Waals surface area contributed by atoms with E-state index < -0.39 is 23.9 Å². The Hall–Kier alpha value is -1.75. The summed E-state index contributed by atoms with van der Waals surface area (Å²) in [4.78, 5) is 22.4. The van der Waals surface area contributed by atoms with Gasteiger partial charge in [-0.1, -0.05) is 31.0 Å². The van der Waals surface area contributed by atoms with E-state index >= 15 is 0 Å². The quantitative estimate of drug-likeness (QED) is 0.551. The zero-order chi connectivity index (χ0) is 23.0. The van der Waals surface area contributed by atoms with E-state index in [9.17, 15) is 21.6 Å². The third-order valence-corrected chi connectivity index (χ3v) is 8.04. The van der Waals surface area contributed by atoms with Gasteiger partial charge in [-0.25, -0.2) is 26.8 Å². The van der Waals surface area contributed by atoms with Gasteiger partial charge in [0.25, 0.3) is 9.05 Å². The van der Waals surface area contributed by atoms with E-state index in [0.29, 0.717) is 6.42 Å². The molecule has 3 rings (SSSR count). The fourth-order valence-electron chi connectivity index (χ4n) is 3.90. The van der Waals surface area contributed by atoms with E-state index in [1.165, 1.54) is 17.2 Å². The Balaban J connectivity index is 2.00. The number of carbonyl (C=O) groups is 1. The number of carbonyl (C=O) groups excluding carboxylic acids is 1. The van der Waals surface area contributed by atoms with Crippen molar-refractivity contribution in [1.29, 1.82) is 0 Å². The molecular formula is C19H21Cl2N3O5S2. The van der Waals surface area contributed by atoms with Crippen LogP contribution < -0.4 is 4.90 Å². The first-order valence-electron chi connectivity index (χ1n) is 9.51. The van der Waals surface area contributed by atoms with E-state index in [1.807, 2.05) is 0 Å². The van der Waals surface area contributed by atoms with Gasteiger partial charge in [-0.05, 0) is 30.5 Å². The highest BCUT2D eigenvalue weighted by Crippen LogP contribution is 2.41. The molecule has 168 valence electrons. The van der Waals surface area contributed by atoms with Gasteiger partial charge in [0, 0.05) is 35.3 Å². The van der Waals surface area contributed by atoms with Crippen LogP contribution in [0.4, 0.5) is 5.82 Å². The minimum absolute atomic E-state index is 0.0534. The average molecular weight is 506 g/mol. The first kappa shape index (κ1) is 23.9. The summed E-state index contributed by atoms with van der Waals surface area (Å²) in [6, 6.07) is 4.56. The van der Waals surface area contributed by atoms with Crippen molar-refractivity contribution < 1.29 is 21.6 Å². The molecule has 0 aliphatic heterocycles. The maximum atomic E-state index is 12.8. The predicted molar refractivity (Wildman–Crippen MR) is 118 cm³/mol. The van der Waals surface area contributed by atoms with Gasteiger partial charge in [0.15, 0.2) is 20.7 Å². The fraction of sp³-hybridized carbons (Fsp3) is 0.421. The Kier molecular flexibility index (Phi) is 6.95. The lowest BCUT2D eigenvalue weighted by Gasteiger charge is -2.32. The lowest BCUT2D eigenvalue weighted by Crippen LogP contribution is -2.42. The van der Waals surface area contributed by atoms with Crippen LogP contribution in [0.3, 0.4) is 0 Å². The van der Waals surface area contributed by atoms with Gasteiger partial charge in [-0.2, -0.15) is 0 Å². The summed E-state index contributed by atoms with van der Waals surface area (Å²) < 4.78 is 46.6. The number of benzene rings is 1. The number of amides is 1. The summed E-state index contributed by atoms with van der Waals surface area (Å²) in [6.07, 6.45) is 5.86. The Labute approximate surface area is 190 Å². The molecule has 1 aliphatic carbocycles. The molecule has 31 heavy (non-hydrogen) atoms. The molecule has 1 heterocycles. The largest absolute Gasteiger partial charge is 0.292 e. The van der Waals surface area contributed by atoms with Crippen LogP contribution in [0.15, 0.2) is 40.5 Å². The van der Waals surface area contributed by atoms with Gasteiger partial charge in [-0.3, -0.25) is 9.69 Å². The standard InChI is InChI=1S/C19H21Cl2N3O5S2/c1-3-19(25)24(17-10-23-18(11-22-17)31(21,28)29)15-6-4-5-13(15)12-7-8-16(14(20)9-12)30(2,26)27/h7-11,13,15H,3-6H2,1-2H3. The number of hydrogen-bond acceptors (Lipinski definition) is 7. The highest BCUT2D eigenvalue weighted by molar-refractivity contribution is 8.13. The van der Waals surface area contributed by atoms with Crippen LogP contribution >= 0.6 is 22.3 Å². The molecule has 2 atom stereocenters. The van der Waals surface area contributed by atoms with E-state index in [-0.39, 0.29) is 40.0 Å². The van der Waals surface area contributed by atoms with Crippen LogP contribution in [0.2, 0.25) is 5.02 Å². The molecule has 0 radical (unpaired) electrons. The maximum Gasteiger partial charge on any atom is 0.280 e. The van der Waals surface area contributed by atoms with Crippen LogP contribution in [-0.4, -0.2) is 45.0 Å². The molecule has 0 saturated heterocycles. The van der Waals surface area contributed by atoms with Gasteiger partial charge in [0.05, 0.1) is 22.3 Å². The zero-order valence-corrected chi connectivity index (χ0v) is 20.0. The van der Waals surface area contributed by atoms with Crippen molar-refractivity contribution in [2.75, 3.05) is 11.2 Å². The number of aromatic nitrogens is 2. The summed E-state index contributed by atoms with van der Waals surface area (Å²) in [5, 5.41) is -0.261. The Morgan fingerprint density at radius 2 is 1.87 bits per heavy atom. The summed E-state index contributed by atoms with van der Waals surface area (Å²) in [7, 11) is -2.18. The summed E-state index contributed by atoms with van der Waals surface area (Å²) >= 11 is 6.24. The second kappa shape index (κ2) is 9.01. The molecule has 0 bridgehead atoms. The zero-order valence-electron chi connectivity index (χ0n) is 16.8. The Morgan fingerprint density at radius 1 is 1.16 bits per heavy atom. The molecule has 12 heteroatoms. The van der Waals surface area contributed by atoms with Crippen molar-refractivity contribution in [2.45, 2.75) is 54.5 Å². The smallest absolute Gasteiger partial charge is 0.280 e. The minimum atomic E-state index is -4.03. The van der Waals surface area contributed by atoms with E-state index in [2.05, 4.69) is 9.97 Å². The van der Waals surface area contributed by atoms with Gasteiger partial charge in [-0.15, -0.1) is 0 Å². The van der Waals surface area contributed by atoms with Crippen LogP contribution in [0, 0.1) is 0 Å². The van der Waals surface area contributed by atoms with Gasteiger partial charge in [0.1, 0.15) is 0 Å². The number of rotatable bonds is 6. The normalized spacial score (nSPS) is 19.4. The monoisotopic (exact) mass is 505 g/mol. The SMILES string of the molecule is CCC(=O)N(c1cnc(S(=O)(=O)Cl)cn1)C1CCCC1c1ccc(S(C)(=O)=O)c(Cl)c1. The van der Waals surface area contributed by atoms with Crippen LogP contribution in [0.25, 0.3) is 0 Å². The van der Waals surface area contributed by atoms with Gasteiger partial charge < -0.3 is 0 Å². The van der Waals surface area contributed by atoms with Crippen molar-refractivity contribution in [1.82, 2.24) is 9.97 Å². The molecular weight excluding hydrogens is 485 g/mol. The third kappa shape index (κ3) is 5.19. The van der Waals surface area contributed by atoms with Crippen molar-refractivity contribution >= 4 is 52.9 Å². The molecule has 8 nitrogen and oxygen atoms in total. The van der Waals surface area contributed by atoms with Crippen molar-refractivity contribution in [3.05, 3.63) is 41.2 Å². The lowest BCUT2D eigenvalue weighted by molar-refractivity contribution is -0.118. The third-order valence-electron chi connectivity index (χ3n) is 5.28. The number of anilines is 1. The first-order valence-corrected chi connectivity index (χ1v) is 14.1. The summed E-state index contributed by atoms with van der Waals surface area (Å²) in [5.74, 6) is -0.0574. The van der Waals surface area contributed by atoms with Crippen molar-refractivity contribution in [3.8, 4) is 0 Å². The highest BCUT2D eigenvalue weighted by Gasteiger charge is 2.37. The van der Waals surface area contributed by atoms with Crippen LogP contribution in [0.1, 0.15) is 44.1 Å².